The van der Waals surface area contributed by atoms with E-state index in [1.54, 1.807) is 11.8 Å². The van der Waals surface area contributed by atoms with Gasteiger partial charge in [0.1, 0.15) is 0 Å². The molecular weight excluding hydrogens is 240 g/mol. The van der Waals surface area contributed by atoms with E-state index in [1.165, 1.54) is 10.5 Å². The van der Waals surface area contributed by atoms with Gasteiger partial charge in [0, 0.05) is 22.4 Å². The lowest BCUT2D eigenvalue weighted by Gasteiger charge is -2.13. The van der Waals surface area contributed by atoms with Gasteiger partial charge in [-0.3, -0.25) is 0 Å². The molecule has 0 spiro atoms. The van der Waals surface area contributed by atoms with Gasteiger partial charge >= 0.3 is 0 Å². The van der Waals surface area contributed by atoms with Gasteiger partial charge in [0.15, 0.2) is 0 Å². The van der Waals surface area contributed by atoms with Crippen LogP contribution in [0.25, 0.3) is 0 Å². The van der Waals surface area contributed by atoms with Gasteiger partial charge in [0.05, 0.1) is 0 Å². The second kappa shape index (κ2) is 5.94. The molecule has 0 amide bonds. The maximum Gasteiger partial charge on any atom is 0.0390 e. The summed E-state index contributed by atoms with van der Waals surface area (Å²) in [6.07, 6.45) is 0. The van der Waals surface area contributed by atoms with Crippen molar-refractivity contribution in [2.24, 2.45) is 5.73 Å². The molecule has 0 fully saturated rings. The van der Waals surface area contributed by atoms with Crippen LogP contribution in [0.5, 0.6) is 0 Å². The molecule has 0 radical (unpaired) electrons. The van der Waals surface area contributed by atoms with Crippen molar-refractivity contribution in [2.45, 2.75) is 17.9 Å². The molecule has 0 aliphatic heterocycles. The fraction of sp³-hybridized carbons (Fsp3) is 0.200. The molecule has 0 aromatic heterocycles. The Balaban J connectivity index is 2.02. The molecule has 0 aliphatic rings. The molecule has 0 heterocycles. The Bertz CT molecular complexity index is 511. The monoisotopic (exact) mass is 258 g/mol. The molecular formula is C15H18N2S. The second-order valence-electron chi connectivity index (χ2n) is 4.30. The summed E-state index contributed by atoms with van der Waals surface area (Å²) < 4.78 is 0. The van der Waals surface area contributed by atoms with Crippen LogP contribution in [0.3, 0.4) is 0 Å². The van der Waals surface area contributed by atoms with Gasteiger partial charge in [-0.25, -0.2) is 0 Å². The van der Waals surface area contributed by atoms with Crippen molar-refractivity contribution in [3.8, 4) is 0 Å². The lowest BCUT2D eigenvalue weighted by atomic mass is 10.1. The van der Waals surface area contributed by atoms with Crippen molar-refractivity contribution in [2.75, 3.05) is 11.5 Å². The first-order valence-corrected chi connectivity index (χ1v) is 6.95. The van der Waals surface area contributed by atoms with E-state index in [-0.39, 0.29) is 6.04 Å². The Morgan fingerprint density at radius 1 is 1.06 bits per heavy atom. The number of hydrogen-bond acceptors (Lipinski definition) is 3. The molecule has 3 heteroatoms. The van der Waals surface area contributed by atoms with Crippen molar-refractivity contribution >= 4 is 17.4 Å². The molecule has 0 bridgehead atoms. The topological polar surface area (TPSA) is 52.0 Å². The fourth-order valence-corrected chi connectivity index (χ4v) is 2.82. The van der Waals surface area contributed by atoms with Crippen LogP contribution in [-0.4, -0.2) is 5.75 Å². The van der Waals surface area contributed by atoms with E-state index in [4.69, 9.17) is 11.5 Å². The number of hydrogen-bond donors (Lipinski definition) is 2. The smallest absolute Gasteiger partial charge is 0.0390 e. The molecule has 18 heavy (non-hydrogen) atoms. The van der Waals surface area contributed by atoms with Crippen LogP contribution in [0.2, 0.25) is 0 Å². The normalized spacial score (nSPS) is 12.3. The molecule has 2 rings (SSSR count). The van der Waals surface area contributed by atoms with Crippen molar-refractivity contribution in [3.05, 3.63) is 59.7 Å². The Kier molecular flexibility index (Phi) is 4.28. The molecule has 2 nitrogen and oxygen atoms in total. The van der Waals surface area contributed by atoms with Crippen molar-refractivity contribution in [1.29, 1.82) is 0 Å². The average Bonchev–Trinajstić information content (AvgIpc) is 2.41. The summed E-state index contributed by atoms with van der Waals surface area (Å²) >= 11 is 1.76. The molecule has 94 valence electrons. The van der Waals surface area contributed by atoms with Gasteiger partial charge < -0.3 is 11.5 Å². The first kappa shape index (κ1) is 13.0. The minimum atomic E-state index is 0.0528. The van der Waals surface area contributed by atoms with Crippen LogP contribution in [0.15, 0.2) is 53.4 Å². The van der Waals surface area contributed by atoms with Crippen LogP contribution in [0, 0.1) is 6.92 Å². The molecule has 4 N–H and O–H groups in total. The van der Waals surface area contributed by atoms with E-state index < -0.39 is 0 Å². The number of nitrogens with two attached hydrogens (primary N) is 2. The lowest BCUT2D eigenvalue weighted by Crippen LogP contribution is -2.12. The highest BCUT2D eigenvalue weighted by atomic mass is 32.2. The number of anilines is 1. The third kappa shape index (κ3) is 3.06. The lowest BCUT2D eigenvalue weighted by molar-refractivity contribution is 0.831. The van der Waals surface area contributed by atoms with E-state index in [1.807, 2.05) is 37.3 Å². The molecule has 0 aliphatic carbocycles. The van der Waals surface area contributed by atoms with E-state index in [0.717, 1.165) is 17.0 Å². The van der Waals surface area contributed by atoms with E-state index in [2.05, 4.69) is 18.2 Å². The summed E-state index contributed by atoms with van der Waals surface area (Å²) in [5.41, 5.74) is 15.2. The molecule has 2 aromatic carbocycles. The highest BCUT2D eigenvalue weighted by Crippen LogP contribution is 2.28. The predicted molar refractivity (Wildman–Crippen MR) is 79.7 cm³/mol. The van der Waals surface area contributed by atoms with Crippen molar-refractivity contribution in [1.82, 2.24) is 0 Å². The van der Waals surface area contributed by atoms with Crippen molar-refractivity contribution in [3.63, 3.8) is 0 Å². The van der Waals surface area contributed by atoms with E-state index in [9.17, 15) is 0 Å². The standard InChI is InChI=1S/C15H18N2S/c1-11-13(16)8-5-9-15(11)18-10-14(17)12-6-3-2-4-7-12/h2-9,14H,10,16-17H2,1H3. The van der Waals surface area contributed by atoms with Crippen molar-refractivity contribution < 1.29 is 0 Å². The number of thioether (sulfide) groups is 1. The second-order valence-corrected chi connectivity index (χ2v) is 5.36. The van der Waals surface area contributed by atoms with Gasteiger partial charge in [-0.15, -0.1) is 11.8 Å². The zero-order valence-corrected chi connectivity index (χ0v) is 11.3. The zero-order chi connectivity index (χ0) is 13.0. The predicted octanol–water partition coefficient (Wildman–Crippen LogP) is 3.37. The van der Waals surface area contributed by atoms with Gasteiger partial charge in [0.2, 0.25) is 0 Å². The van der Waals surface area contributed by atoms with E-state index >= 15 is 0 Å². The first-order chi connectivity index (χ1) is 8.68. The Hall–Kier alpha value is -1.45. The van der Waals surface area contributed by atoms with Crippen LogP contribution < -0.4 is 11.5 Å². The third-order valence-corrected chi connectivity index (χ3v) is 4.25. The van der Waals surface area contributed by atoms with Gasteiger partial charge in [-0.2, -0.15) is 0 Å². The summed E-state index contributed by atoms with van der Waals surface area (Å²) in [5.74, 6) is 0.855. The van der Waals surface area contributed by atoms with Gasteiger partial charge in [-0.1, -0.05) is 36.4 Å². The molecule has 1 atom stereocenters. The minimum absolute atomic E-state index is 0.0528. The Morgan fingerprint density at radius 2 is 1.78 bits per heavy atom. The number of benzene rings is 2. The largest absolute Gasteiger partial charge is 0.398 e. The van der Waals surface area contributed by atoms with Crippen LogP contribution in [-0.2, 0) is 0 Å². The maximum atomic E-state index is 6.18. The SMILES string of the molecule is Cc1c(N)cccc1SCC(N)c1ccccc1. The Morgan fingerprint density at radius 3 is 2.50 bits per heavy atom. The molecule has 0 saturated heterocycles. The fourth-order valence-electron chi connectivity index (χ4n) is 1.76. The van der Waals surface area contributed by atoms with E-state index in [0.29, 0.717) is 0 Å². The number of rotatable bonds is 4. The zero-order valence-electron chi connectivity index (χ0n) is 10.5. The summed E-state index contributed by atoms with van der Waals surface area (Å²) in [6.45, 7) is 2.05. The maximum absolute atomic E-state index is 6.18. The highest BCUT2D eigenvalue weighted by Gasteiger charge is 2.08. The average molecular weight is 258 g/mol. The quantitative estimate of drug-likeness (QED) is 0.653. The Labute approximate surface area is 112 Å². The van der Waals surface area contributed by atoms with Crippen LogP contribution in [0.4, 0.5) is 5.69 Å². The molecule has 2 aromatic rings. The molecule has 1 unspecified atom stereocenters. The summed E-state index contributed by atoms with van der Waals surface area (Å²) in [4.78, 5) is 1.21. The summed E-state index contributed by atoms with van der Waals surface area (Å²) in [5, 5.41) is 0. The summed E-state index contributed by atoms with van der Waals surface area (Å²) in [6, 6.07) is 16.2. The third-order valence-electron chi connectivity index (χ3n) is 2.97. The van der Waals surface area contributed by atoms with Crippen LogP contribution >= 0.6 is 11.8 Å². The first-order valence-electron chi connectivity index (χ1n) is 5.97. The molecule has 0 saturated carbocycles. The number of nitrogen functional groups attached to an aromatic ring is 1. The van der Waals surface area contributed by atoms with Gasteiger partial charge in [0.25, 0.3) is 0 Å². The minimum Gasteiger partial charge on any atom is -0.398 e. The summed E-state index contributed by atoms with van der Waals surface area (Å²) in [7, 11) is 0. The van der Waals surface area contributed by atoms with Gasteiger partial charge in [-0.05, 0) is 30.2 Å². The van der Waals surface area contributed by atoms with Crippen LogP contribution in [0.1, 0.15) is 17.2 Å². The highest BCUT2D eigenvalue weighted by molar-refractivity contribution is 7.99.